The van der Waals surface area contributed by atoms with E-state index < -0.39 is 0 Å². The van der Waals surface area contributed by atoms with Crippen LogP contribution in [-0.2, 0) is 16.0 Å². The van der Waals surface area contributed by atoms with Crippen LogP contribution < -0.4 is 5.32 Å². The van der Waals surface area contributed by atoms with Crippen LogP contribution in [0.4, 0.5) is 0 Å². The second-order valence-corrected chi connectivity index (χ2v) is 8.04. The van der Waals surface area contributed by atoms with E-state index in [-0.39, 0.29) is 17.7 Å². The molecular formula is C21H29ClN2O2. The van der Waals surface area contributed by atoms with Gasteiger partial charge in [-0.15, -0.1) is 0 Å². The lowest BCUT2D eigenvalue weighted by atomic mass is 9.87. The molecule has 1 heterocycles. The van der Waals surface area contributed by atoms with Gasteiger partial charge in [-0.3, -0.25) is 9.59 Å². The number of hydrogen-bond acceptors (Lipinski definition) is 2. The summed E-state index contributed by atoms with van der Waals surface area (Å²) in [6.07, 6.45) is 8.06. The summed E-state index contributed by atoms with van der Waals surface area (Å²) >= 11 is 5.98. The van der Waals surface area contributed by atoms with Crippen molar-refractivity contribution in [3.05, 3.63) is 34.9 Å². The summed E-state index contributed by atoms with van der Waals surface area (Å²) in [6, 6.07) is 7.74. The van der Waals surface area contributed by atoms with E-state index in [1.54, 1.807) is 0 Å². The summed E-state index contributed by atoms with van der Waals surface area (Å²) in [5, 5.41) is 3.77. The minimum Gasteiger partial charge on any atom is -0.356 e. The predicted octanol–water partition coefficient (Wildman–Crippen LogP) is 3.82. The van der Waals surface area contributed by atoms with Gasteiger partial charge >= 0.3 is 0 Å². The molecular weight excluding hydrogens is 348 g/mol. The first-order valence-corrected chi connectivity index (χ1v) is 10.3. The Bertz CT molecular complexity index is 620. The average molecular weight is 377 g/mol. The van der Waals surface area contributed by atoms with E-state index in [1.807, 2.05) is 29.2 Å². The molecule has 3 rings (SSSR count). The monoisotopic (exact) mass is 376 g/mol. The van der Waals surface area contributed by atoms with Gasteiger partial charge in [-0.1, -0.05) is 43.0 Å². The molecule has 2 fully saturated rings. The summed E-state index contributed by atoms with van der Waals surface area (Å²) in [6.45, 7) is 2.07. The lowest BCUT2D eigenvalue weighted by Gasteiger charge is -2.34. The Labute approximate surface area is 161 Å². The highest BCUT2D eigenvalue weighted by atomic mass is 35.5. The van der Waals surface area contributed by atoms with Crippen molar-refractivity contribution in [2.45, 2.75) is 51.4 Å². The molecule has 1 aliphatic heterocycles. The molecule has 1 N–H and O–H groups in total. The number of carbonyl (C=O) groups excluding carboxylic acids is 2. The van der Waals surface area contributed by atoms with Crippen molar-refractivity contribution in [3.8, 4) is 0 Å². The molecule has 142 valence electrons. The Hall–Kier alpha value is -1.55. The molecule has 4 nitrogen and oxygen atoms in total. The van der Waals surface area contributed by atoms with E-state index in [0.29, 0.717) is 12.5 Å². The first kappa shape index (κ1) is 19.2. The van der Waals surface area contributed by atoms with Crippen LogP contribution in [-0.4, -0.2) is 36.3 Å². The number of rotatable bonds is 5. The number of piperidine rings is 1. The molecule has 1 aromatic carbocycles. The first-order chi connectivity index (χ1) is 12.6. The number of nitrogens with zero attached hydrogens (tertiary/aromatic N) is 1. The van der Waals surface area contributed by atoms with Crippen molar-refractivity contribution in [2.24, 2.45) is 11.8 Å². The Morgan fingerprint density at radius 3 is 2.46 bits per heavy atom. The summed E-state index contributed by atoms with van der Waals surface area (Å²) in [4.78, 5) is 27.0. The standard InChI is InChI=1S/C21H29ClN2O2/c22-19-8-4-5-16(15-19)9-12-23-20(25)17-10-13-24(14-11-17)21(26)18-6-2-1-3-7-18/h4-5,8,15,17-18H,1-3,6-7,9-14H2,(H,23,25). The van der Waals surface area contributed by atoms with Crippen LogP contribution in [0.5, 0.6) is 0 Å². The number of nitrogens with one attached hydrogen (secondary N) is 1. The fourth-order valence-corrected chi connectivity index (χ4v) is 4.35. The SMILES string of the molecule is O=C(NCCc1cccc(Cl)c1)C1CCN(C(=O)C2CCCCC2)CC1. The van der Waals surface area contributed by atoms with Gasteiger partial charge in [0.2, 0.25) is 11.8 Å². The Kier molecular flexibility index (Phi) is 6.95. The van der Waals surface area contributed by atoms with Gasteiger partial charge in [0.25, 0.3) is 0 Å². The van der Waals surface area contributed by atoms with Gasteiger partial charge in [-0.25, -0.2) is 0 Å². The highest BCUT2D eigenvalue weighted by molar-refractivity contribution is 6.30. The summed E-state index contributed by atoms with van der Waals surface area (Å²) in [5.74, 6) is 0.706. The Morgan fingerprint density at radius 1 is 1.04 bits per heavy atom. The molecule has 2 aliphatic rings. The third-order valence-electron chi connectivity index (χ3n) is 5.73. The van der Waals surface area contributed by atoms with E-state index in [0.717, 1.165) is 55.8 Å². The minimum atomic E-state index is 0.0322. The van der Waals surface area contributed by atoms with Gasteiger partial charge in [-0.05, 0) is 49.8 Å². The van der Waals surface area contributed by atoms with E-state index >= 15 is 0 Å². The highest BCUT2D eigenvalue weighted by Gasteiger charge is 2.31. The van der Waals surface area contributed by atoms with Crippen LogP contribution in [0.25, 0.3) is 0 Å². The molecule has 0 atom stereocenters. The van der Waals surface area contributed by atoms with E-state index in [9.17, 15) is 9.59 Å². The Morgan fingerprint density at radius 2 is 1.77 bits per heavy atom. The smallest absolute Gasteiger partial charge is 0.225 e. The molecule has 0 bridgehead atoms. The zero-order valence-corrected chi connectivity index (χ0v) is 16.1. The van der Waals surface area contributed by atoms with Gasteiger partial charge < -0.3 is 10.2 Å². The number of carbonyl (C=O) groups is 2. The van der Waals surface area contributed by atoms with E-state index in [4.69, 9.17) is 11.6 Å². The van der Waals surface area contributed by atoms with Gasteiger partial charge in [0.05, 0.1) is 0 Å². The largest absolute Gasteiger partial charge is 0.356 e. The second kappa shape index (κ2) is 9.40. The molecule has 0 spiro atoms. The lowest BCUT2D eigenvalue weighted by Crippen LogP contribution is -2.45. The quantitative estimate of drug-likeness (QED) is 0.849. The third kappa shape index (κ3) is 5.23. The molecule has 5 heteroatoms. The third-order valence-corrected chi connectivity index (χ3v) is 5.97. The van der Waals surface area contributed by atoms with E-state index in [1.165, 1.54) is 19.3 Å². The molecule has 0 unspecified atom stereocenters. The van der Waals surface area contributed by atoms with Crippen LogP contribution in [0.1, 0.15) is 50.5 Å². The molecule has 2 amide bonds. The number of likely N-dealkylation sites (tertiary alicyclic amines) is 1. The van der Waals surface area contributed by atoms with Crippen molar-refractivity contribution in [2.75, 3.05) is 19.6 Å². The minimum absolute atomic E-state index is 0.0322. The van der Waals surface area contributed by atoms with Crippen molar-refractivity contribution < 1.29 is 9.59 Å². The first-order valence-electron chi connectivity index (χ1n) is 9.94. The highest BCUT2D eigenvalue weighted by Crippen LogP contribution is 2.27. The topological polar surface area (TPSA) is 49.4 Å². The lowest BCUT2D eigenvalue weighted by molar-refractivity contribution is -0.140. The van der Waals surface area contributed by atoms with Crippen molar-refractivity contribution in [1.82, 2.24) is 10.2 Å². The van der Waals surface area contributed by atoms with Crippen molar-refractivity contribution in [3.63, 3.8) is 0 Å². The predicted molar refractivity (Wildman–Crippen MR) is 104 cm³/mol. The fourth-order valence-electron chi connectivity index (χ4n) is 4.14. The zero-order chi connectivity index (χ0) is 18.4. The van der Waals surface area contributed by atoms with Gasteiger partial charge in [0.15, 0.2) is 0 Å². The molecule has 1 aliphatic carbocycles. The maximum atomic E-state index is 12.6. The van der Waals surface area contributed by atoms with Crippen LogP contribution in [0.3, 0.4) is 0 Å². The molecule has 0 aromatic heterocycles. The molecule has 1 saturated carbocycles. The number of amides is 2. The summed E-state index contributed by atoms with van der Waals surface area (Å²) in [7, 11) is 0. The van der Waals surface area contributed by atoms with Gasteiger partial charge in [-0.2, -0.15) is 0 Å². The second-order valence-electron chi connectivity index (χ2n) is 7.61. The number of halogens is 1. The van der Waals surface area contributed by atoms with Crippen LogP contribution >= 0.6 is 11.6 Å². The molecule has 26 heavy (non-hydrogen) atoms. The van der Waals surface area contributed by atoms with Gasteiger partial charge in [0.1, 0.15) is 0 Å². The van der Waals surface area contributed by atoms with Crippen LogP contribution in [0.2, 0.25) is 5.02 Å². The van der Waals surface area contributed by atoms with Gasteiger partial charge in [0, 0.05) is 36.5 Å². The maximum absolute atomic E-state index is 12.6. The summed E-state index contributed by atoms with van der Waals surface area (Å²) in [5.41, 5.74) is 1.13. The average Bonchev–Trinajstić information content (AvgIpc) is 2.68. The fraction of sp³-hybridized carbons (Fsp3) is 0.619. The van der Waals surface area contributed by atoms with Crippen LogP contribution in [0, 0.1) is 11.8 Å². The summed E-state index contributed by atoms with van der Waals surface area (Å²) < 4.78 is 0. The normalized spacial score (nSPS) is 19.3. The molecule has 1 aromatic rings. The van der Waals surface area contributed by atoms with Crippen molar-refractivity contribution in [1.29, 1.82) is 0 Å². The van der Waals surface area contributed by atoms with Crippen molar-refractivity contribution >= 4 is 23.4 Å². The number of hydrogen-bond donors (Lipinski definition) is 1. The zero-order valence-electron chi connectivity index (χ0n) is 15.4. The van der Waals surface area contributed by atoms with E-state index in [2.05, 4.69) is 5.32 Å². The Balaban J connectivity index is 1.38. The molecule has 0 radical (unpaired) electrons. The maximum Gasteiger partial charge on any atom is 0.225 e. The number of benzene rings is 1. The van der Waals surface area contributed by atoms with Crippen LogP contribution in [0.15, 0.2) is 24.3 Å². The molecule has 1 saturated heterocycles.